The van der Waals surface area contributed by atoms with Crippen LogP contribution in [-0.4, -0.2) is 18.0 Å². The average molecular weight is 351 g/mol. The largest absolute Gasteiger partial charge is 0.335 e. The summed E-state index contributed by atoms with van der Waals surface area (Å²) in [4.78, 5) is 24.1. The number of anilines is 2. The van der Waals surface area contributed by atoms with E-state index in [0.29, 0.717) is 17.3 Å². The van der Waals surface area contributed by atoms with Gasteiger partial charge >= 0.3 is 6.03 Å². The molecule has 3 N–H and O–H groups in total. The number of hydrogen-bond donors (Lipinski definition) is 3. The van der Waals surface area contributed by atoms with Gasteiger partial charge in [0, 0.05) is 23.0 Å². The normalized spacial score (nSPS) is 13.1. The van der Waals surface area contributed by atoms with Gasteiger partial charge < -0.3 is 16.0 Å². The van der Waals surface area contributed by atoms with Crippen LogP contribution in [0.1, 0.15) is 48.5 Å². The Bertz CT molecular complexity index is 750. The molecule has 3 amide bonds. The zero-order valence-electron chi connectivity index (χ0n) is 15.0. The van der Waals surface area contributed by atoms with E-state index in [9.17, 15) is 9.59 Å². The van der Waals surface area contributed by atoms with Crippen LogP contribution in [0.25, 0.3) is 0 Å². The minimum absolute atomic E-state index is 0.166. The lowest BCUT2D eigenvalue weighted by molar-refractivity contribution is 0.102. The Morgan fingerprint density at radius 2 is 1.54 bits per heavy atom. The molecule has 2 aromatic rings. The van der Waals surface area contributed by atoms with E-state index in [0.717, 1.165) is 24.9 Å². The van der Waals surface area contributed by atoms with Crippen molar-refractivity contribution in [1.29, 1.82) is 0 Å². The molecule has 0 atom stereocenters. The Balaban J connectivity index is 1.53. The summed E-state index contributed by atoms with van der Waals surface area (Å²) in [6.45, 7) is 2.18. The van der Waals surface area contributed by atoms with Crippen molar-refractivity contribution >= 4 is 23.3 Å². The number of carbonyl (C=O) groups excluding carboxylic acids is 2. The predicted octanol–water partition coefficient (Wildman–Crippen LogP) is 4.57. The number of carbonyl (C=O) groups is 2. The summed E-state index contributed by atoms with van der Waals surface area (Å²) in [5, 5.41) is 8.53. The molecular weight excluding hydrogens is 326 g/mol. The lowest BCUT2D eigenvalue weighted by Gasteiger charge is -2.09. The lowest BCUT2D eigenvalue weighted by atomic mass is 10.1. The van der Waals surface area contributed by atoms with Crippen molar-refractivity contribution in [1.82, 2.24) is 5.32 Å². The fourth-order valence-corrected chi connectivity index (χ4v) is 2.62. The topological polar surface area (TPSA) is 70.2 Å². The number of aryl methyl sites for hydroxylation is 1. The number of unbranched alkanes of at least 4 members (excludes halogenated alkanes) is 1. The van der Waals surface area contributed by atoms with Crippen LogP contribution in [0.4, 0.5) is 16.2 Å². The highest BCUT2D eigenvalue weighted by molar-refractivity contribution is 6.04. The summed E-state index contributed by atoms with van der Waals surface area (Å²) < 4.78 is 0. The zero-order chi connectivity index (χ0) is 18.4. The van der Waals surface area contributed by atoms with Gasteiger partial charge in [0.2, 0.25) is 0 Å². The van der Waals surface area contributed by atoms with Crippen LogP contribution in [0.2, 0.25) is 0 Å². The molecule has 0 aromatic heterocycles. The van der Waals surface area contributed by atoms with E-state index in [2.05, 4.69) is 35.0 Å². The molecule has 1 aliphatic carbocycles. The van der Waals surface area contributed by atoms with Crippen molar-refractivity contribution in [3.8, 4) is 0 Å². The van der Waals surface area contributed by atoms with Gasteiger partial charge in [-0.1, -0.05) is 25.5 Å². The van der Waals surface area contributed by atoms with Crippen LogP contribution in [0.3, 0.4) is 0 Å². The fraction of sp³-hybridized carbons (Fsp3) is 0.333. The Hall–Kier alpha value is -2.82. The van der Waals surface area contributed by atoms with Crippen molar-refractivity contribution in [2.24, 2.45) is 0 Å². The number of benzene rings is 2. The van der Waals surface area contributed by atoms with Crippen molar-refractivity contribution in [2.45, 2.75) is 45.1 Å². The van der Waals surface area contributed by atoms with Crippen LogP contribution in [0, 0.1) is 0 Å². The number of urea groups is 1. The third-order valence-corrected chi connectivity index (χ3v) is 4.35. The Kier molecular flexibility index (Phi) is 5.89. The molecule has 5 nitrogen and oxygen atoms in total. The van der Waals surface area contributed by atoms with Gasteiger partial charge in [0.1, 0.15) is 0 Å². The van der Waals surface area contributed by atoms with Gasteiger partial charge in [-0.25, -0.2) is 4.79 Å². The predicted molar refractivity (Wildman–Crippen MR) is 105 cm³/mol. The Morgan fingerprint density at radius 1 is 0.923 bits per heavy atom. The first kappa shape index (κ1) is 18.0. The van der Waals surface area contributed by atoms with Gasteiger partial charge in [-0.3, -0.25) is 4.79 Å². The molecule has 0 radical (unpaired) electrons. The van der Waals surface area contributed by atoms with E-state index in [-0.39, 0.29) is 11.9 Å². The van der Waals surface area contributed by atoms with E-state index in [4.69, 9.17) is 0 Å². The molecular formula is C21H25N3O2. The van der Waals surface area contributed by atoms with Crippen LogP contribution >= 0.6 is 0 Å². The van der Waals surface area contributed by atoms with Gasteiger partial charge in [-0.05, 0) is 67.6 Å². The Labute approximate surface area is 154 Å². The molecule has 1 fully saturated rings. The molecule has 0 heterocycles. The molecule has 5 heteroatoms. The first-order valence-electron chi connectivity index (χ1n) is 9.22. The fourth-order valence-electron chi connectivity index (χ4n) is 2.62. The van der Waals surface area contributed by atoms with Gasteiger partial charge in [0.25, 0.3) is 5.91 Å². The smallest absolute Gasteiger partial charge is 0.319 e. The highest BCUT2D eigenvalue weighted by Crippen LogP contribution is 2.19. The minimum atomic E-state index is -0.201. The van der Waals surface area contributed by atoms with Crippen LogP contribution in [-0.2, 0) is 6.42 Å². The highest BCUT2D eigenvalue weighted by atomic mass is 16.2. The van der Waals surface area contributed by atoms with Gasteiger partial charge in [-0.2, -0.15) is 0 Å². The summed E-state index contributed by atoms with van der Waals surface area (Å²) in [6, 6.07) is 15.0. The SMILES string of the molecule is CCCCc1ccc(NC(=O)c2ccc(NC(=O)NC3CC3)cc2)cc1. The number of rotatable bonds is 7. The highest BCUT2D eigenvalue weighted by Gasteiger charge is 2.23. The quantitative estimate of drug-likeness (QED) is 0.684. The lowest BCUT2D eigenvalue weighted by Crippen LogP contribution is -2.30. The summed E-state index contributed by atoms with van der Waals surface area (Å²) in [5.41, 5.74) is 3.28. The molecule has 0 saturated heterocycles. The number of hydrogen-bond acceptors (Lipinski definition) is 2. The molecule has 0 aliphatic heterocycles. The van der Waals surface area contributed by atoms with E-state index in [1.165, 1.54) is 18.4 Å². The van der Waals surface area contributed by atoms with Crippen LogP contribution < -0.4 is 16.0 Å². The van der Waals surface area contributed by atoms with Crippen molar-refractivity contribution < 1.29 is 9.59 Å². The first-order valence-corrected chi connectivity index (χ1v) is 9.22. The van der Waals surface area contributed by atoms with Gasteiger partial charge in [0.15, 0.2) is 0 Å². The summed E-state index contributed by atoms with van der Waals surface area (Å²) >= 11 is 0. The third-order valence-electron chi connectivity index (χ3n) is 4.35. The minimum Gasteiger partial charge on any atom is -0.335 e. The zero-order valence-corrected chi connectivity index (χ0v) is 15.0. The van der Waals surface area contributed by atoms with Gasteiger partial charge in [-0.15, -0.1) is 0 Å². The second-order valence-electron chi connectivity index (χ2n) is 6.70. The van der Waals surface area contributed by atoms with E-state index < -0.39 is 0 Å². The third kappa shape index (κ3) is 5.34. The number of amides is 3. The molecule has 1 saturated carbocycles. The molecule has 0 spiro atoms. The summed E-state index contributed by atoms with van der Waals surface area (Å²) in [5.74, 6) is -0.166. The van der Waals surface area contributed by atoms with Crippen molar-refractivity contribution in [3.63, 3.8) is 0 Å². The van der Waals surface area contributed by atoms with Crippen molar-refractivity contribution in [3.05, 3.63) is 59.7 Å². The van der Waals surface area contributed by atoms with E-state index in [1.54, 1.807) is 24.3 Å². The maximum Gasteiger partial charge on any atom is 0.319 e. The maximum absolute atomic E-state index is 12.3. The Morgan fingerprint density at radius 3 is 2.15 bits per heavy atom. The molecule has 26 heavy (non-hydrogen) atoms. The molecule has 136 valence electrons. The second-order valence-corrected chi connectivity index (χ2v) is 6.70. The summed E-state index contributed by atoms with van der Waals surface area (Å²) in [7, 11) is 0. The maximum atomic E-state index is 12.3. The molecule has 1 aliphatic rings. The molecule has 0 unspecified atom stereocenters. The number of nitrogens with one attached hydrogen (secondary N) is 3. The van der Waals surface area contributed by atoms with Crippen molar-refractivity contribution in [2.75, 3.05) is 10.6 Å². The molecule has 0 bridgehead atoms. The van der Waals surface area contributed by atoms with E-state index >= 15 is 0 Å². The van der Waals surface area contributed by atoms with Gasteiger partial charge in [0.05, 0.1) is 0 Å². The van der Waals surface area contributed by atoms with Crippen LogP contribution in [0.5, 0.6) is 0 Å². The molecule has 3 rings (SSSR count). The monoisotopic (exact) mass is 351 g/mol. The van der Waals surface area contributed by atoms with E-state index in [1.807, 2.05) is 12.1 Å². The second kappa shape index (κ2) is 8.52. The standard InChI is InChI=1S/C21H25N3O2/c1-2-3-4-15-5-9-17(10-6-15)22-20(25)16-7-11-18(12-8-16)23-21(26)24-19-13-14-19/h5-12,19H,2-4,13-14H2,1H3,(H,22,25)(H2,23,24,26). The first-order chi connectivity index (χ1) is 12.6. The average Bonchev–Trinajstić information content (AvgIpc) is 3.45. The summed E-state index contributed by atoms with van der Waals surface area (Å²) in [6.07, 6.45) is 5.50. The van der Waals surface area contributed by atoms with Crippen LogP contribution in [0.15, 0.2) is 48.5 Å². The molecule has 2 aromatic carbocycles.